The van der Waals surface area contributed by atoms with Crippen LogP contribution in [0.5, 0.6) is 5.75 Å². The molecule has 6 rings (SSSR count). The van der Waals surface area contributed by atoms with Gasteiger partial charge in [-0.3, -0.25) is 9.59 Å². The van der Waals surface area contributed by atoms with Crippen LogP contribution >= 0.6 is 11.6 Å². The highest BCUT2D eigenvalue weighted by atomic mass is 35.5. The fraction of sp³-hybridized carbons (Fsp3) is 0.576. The summed E-state index contributed by atoms with van der Waals surface area (Å²) in [4.78, 5) is 28.1. The standard InChI is InChI=1S/C33H41ClN2O6S/c1-20-5-3-7-27(32(38)39)26-11-8-24(26)17-36-18-33(14-4-6-22-15-25(34)10-12-28(22)33)19-42-30-13-9-23(16-29(30)36)31(37)35-43(40,41)21(20)2/h9-10,12-13,15-16,20-21,24,26-27H,3-8,11,14,17-19H2,1-2H3,(H,35,37)(H,38,39)/t20-,21+,24-,26+,27+,33-/m0/s1. The number of halogens is 1. The van der Waals surface area contributed by atoms with Gasteiger partial charge in [0.2, 0.25) is 10.0 Å². The topological polar surface area (TPSA) is 113 Å². The Kier molecular flexibility index (Phi) is 8.18. The summed E-state index contributed by atoms with van der Waals surface area (Å²) in [6.07, 6.45) is 6.41. The number of sulfonamides is 1. The third kappa shape index (κ3) is 5.75. The summed E-state index contributed by atoms with van der Waals surface area (Å²) >= 11 is 6.38. The number of nitrogens with one attached hydrogen (secondary N) is 1. The third-order valence-electron chi connectivity index (χ3n) is 10.8. The van der Waals surface area contributed by atoms with E-state index in [0.29, 0.717) is 49.7 Å². The van der Waals surface area contributed by atoms with Crippen LogP contribution in [0.15, 0.2) is 36.4 Å². The molecule has 2 aliphatic carbocycles. The van der Waals surface area contributed by atoms with Gasteiger partial charge < -0.3 is 14.7 Å². The number of carbonyl (C=O) groups is 2. The van der Waals surface area contributed by atoms with E-state index in [2.05, 4.69) is 15.7 Å². The van der Waals surface area contributed by atoms with Crippen LogP contribution in [-0.2, 0) is 26.7 Å². The van der Waals surface area contributed by atoms with Gasteiger partial charge in [0.15, 0.2) is 0 Å². The number of aryl methyl sites for hydroxylation is 1. The van der Waals surface area contributed by atoms with E-state index in [9.17, 15) is 23.1 Å². The number of ether oxygens (including phenoxy) is 1. The van der Waals surface area contributed by atoms with Crippen LogP contribution < -0.4 is 14.4 Å². The maximum atomic E-state index is 13.4. The predicted octanol–water partition coefficient (Wildman–Crippen LogP) is 5.81. The van der Waals surface area contributed by atoms with Gasteiger partial charge in [0, 0.05) is 29.1 Å². The molecule has 0 aromatic heterocycles. The minimum atomic E-state index is -3.95. The maximum Gasteiger partial charge on any atom is 0.306 e. The Morgan fingerprint density at radius 2 is 1.91 bits per heavy atom. The number of anilines is 1. The van der Waals surface area contributed by atoms with Gasteiger partial charge in [-0.2, -0.15) is 0 Å². The Bertz CT molecular complexity index is 1530. The smallest absolute Gasteiger partial charge is 0.306 e. The van der Waals surface area contributed by atoms with Gasteiger partial charge >= 0.3 is 5.97 Å². The van der Waals surface area contributed by atoms with Gasteiger partial charge in [-0.15, -0.1) is 0 Å². The van der Waals surface area contributed by atoms with Gasteiger partial charge in [0.1, 0.15) is 5.75 Å². The zero-order valence-corrected chi connectivity index (χ0v) is 26.4. The first-order valence-electron chi connectivity index (χ1n) is 15.6. The molecule has 2 aromatic rings. The molecule has 1 amide bonds. The number of aliphatic carboxylic acids is 1. The number of nitrogens with zero attached hydrogens (tertiary/aromatic N) is 1. The molecule has 43 heavy (non-hydrogen) atoms. The molecule has 1 fully saturated rings. The van der Waals surface area contributed by atoms with Crippen molar-refractivity contribution in [1.29, 1.82) is 0 Å². The van der Waals surface area contributed by atoms with Crippen molar-refractivity contribution in [3.63, 3.8) is 0 Å². The number of carboxylic acids is 1. The molecular weight excluding hydrogens is 588 g/mol. The molecule has 2 aromatic carbocycles. The SMILES string of the molecule is C[C@@H]1[C@@H](C)CCC[C@@H](C(=O)O)[C@@H]2CC[C@H]2CN2C[C@@]3(CCCc4cc(Cl)ccc43)COc3ccc(cc32)C(=O)NS1(=O)=O. The van der Waals surface area contributed by atoms with E-state index in [1.165, 1.54) is 11.1 Å². The molecule has 6 atom stereocenters. The summed E-state index contributed by atoms with van der Waals surface area (Å²) in [7, 11) is -3.95. The first kappa shape index (κ1) is 30.3. The van der Waals surface area contributed by atoms with Gasteiger partial charge in [0.25, 0.3) is 5.91 Å². The quantitative estimate of drug-likeness (QED) is 0.410. The van der Waals surface area contributed by atoms with E-state index in [-0.39, 0.29) is 28.7 Å². The van der Waals surface area contributed by atoms with E-state index in [1.807, 2.05) is 19.1 Å². The average molecular weight is 629 g/mol. The molecule has 10 heteroatoms. The van der Waals surface area contributed by atoms with Crippen molar-refractivity contribution >= 4 is 39.2 Å². The van der Waals surface area contributed by atoms with Gasteiger partial charge in [0.05, 0.1) is 23.5 Å². The first-order chi connectivity index (χ1) is 20.5. The third-order valence-corrected chi connectivity index (χ3v) is 12.9. The number of carboxylic acid groups (broad SMARTS) is 1. The molecule has 1 spiro atoms. The first-order valence-corrected chi connectivity index (χ1v) is 17.5. The minimum Gasteiger partial charge on any atom is -0.490 e. The van der Waals surface area contributed by atoms with Gasteiger partial charge in [-0.1, -0.05) is 31.0 Å². The zero-order chi connectivity index (χ0) is 30.5. The summed E-state index contributed by atoms with van der Waals surface area (Å²) in [6, 6.07) is 11.2. The number of carbonyl (C=O) groups excluding carboxylic acids is 1. The van der Waals surface area contributed by atoms with Crippen LogP contribution in [0.3, 0.4) is 0 Å². The Balaban J connectivity index is 1.43. The number of hydrogen-bond donors (Lipinski definition) is 2. The second-order valence-electron chi connectivity index (χ2n) is 13.3. The highest BCUT2D eigenvalue weighted by Gasteiger charge is 2.45. The Morgan fingerprint density at radius 1 is 1.09 bits per heavy atom. The summed E-state index contributed by atoms with van der Waals surface area (Å²) in [5.41, 5.74) is 3.14. The number of hydrogen-bond acceptors (Lipinski definition) is 6. The lowest BCUT2D eigenvalue weighted by Gasteiger charge is -2.46. The Morgan fingerprint density at radius 3 is 2.65 bits per heavy atom. The average Bonchev–Trinajstić information content (AvgIpc) is 3.10. The van der Waals surface area contributed by atoms with E-state index < -0.39 is 33.1 Å². The second-order valence-corrected chi connectivity index (χ2v) is 15.8. The molecule has 2 aliphatic heterocycles. The van der Waals surface area contributed by atoms with E-state index >= 15 is 0 Å². The van der Waals surface area contributed by atoms with E-state index in [0.717, 1.165) is 37.8 Å². The minimum absolute atomic E-state index is 0.0503. The fourth-order valence-electron chi connectivity index (χ4n) is 7.89. The van der Waals surface area contributed by atoms with Gasteiger partial charge in [-0.25, -0.2) is 13.1 Å². The Labute approximate surface area is 259 Å². The summed E-state index contributed by atoms with van der Waals surface area (Å²) in [5, 5.41) is 10.2. The largest absolute Gasteiger partial charge is 0.490 e. The van der Waals surface area contributed by atoms with Crippen LogP contribution in [-0.4, -0.2) is 50.3 Å². The lowest BCUT2D eigenvalue weighted by Crippen LogP contribution is -2.49. The molecule has 0 radical (unpaired) electrons. The van der Waals surface area contributed by atoms with Gasteiger partial charge in [-0.05, 0) is 111 Å². The molecule has 2 bridgehead atoms. The second kappa shape index (κ2) is 11.6. The zero-order valence-electron chi connectivity index (χ0n) is 24.9. The van der Waals surface area contributed by atoms with Crippen molar-refractivity contribution in [2.45, 2.75) is 75.9 Å². The van der Waals surface area contributed by atoms with E-state index in [4.69, 9.17) is 16.3 Å². The predicted molar refractivity (Wildman–Crippen MR) is 166 cm³/mol. The molecular formula is C33H41ClN2O6S. The lowest BCUT2D eigenvalue weighted by atomic mass is 9.65. The van der Waals surface area contributed by atoms with Crippen LogP contribution in [0.1, 0.15) is 80.3 Å². The molecule has 1 saturated carbocycles. The normalized spacial score (nSPS) is 32.3. The molecule has 8 nitrogen and oxygen atoms in total. The fourth-order valence-corrected chi connectivity index (χ4v) is 9.40. The number of amides is 1. The Hall–Kier alpha value is -2.78. The van der Waals surface area contributed by atoms with Crippen LogP contribution in [0.2, 0.25) is 5.02 Å². The van der Waals surface area contributed by atoms with Crippen LogP contribution in [0, 0.1) is 23.7 Å². The maximum absolute atomic E-state index is 13.4. The van der Waals surface area contributed by atoms with Crippen molar-refractivity contribution in [3.8, 4) is 5.75 Å². The monoisotopic (exact) mass is 628 g/mol. The molecule has 0 unspecified atom stereocenters. The van der Waals surface area contributed by atoms with Crippen molar-refractivity contribution < 1.29 is 27.9 Å². The molecule has 0 saturated heterocycles. The molecule has 2 N–H and O–H groups in total. The summed E-state index contributed by atoms with van der Waals surface area (Å²) < 4.78 is 35.3. The summed E-state index contributed by atoms with van der Waals surface area (Å²) in [6.45, 7) is 5.22. The molecule has 232 valence electrons. The van der Waals surface area contributed by atoms with Crippen LogP contribution in [0.25, 0.3) is 0 Å². The summed E-state index contributed by atoms with van der Waals surface area (Å²) in [5.74, 6) is -1.23. The lowest BCUT2D eigenvalue weighted by molar-refractivity contribution is -0.146. The van der Waals surface area contributed by atoms with Crippen LogP contribution in [0.4, 0.5) is 5.69 Å². The van der Waals surface area contributed by atoms with Crippen molar-refractivity contribution in [2.75, 3.05) is 24.6 Å². The van der Waals surface area contributed by atoms with Crippen molar-refractivity contribution in [3.05, 3.63) is 58.1 Å². The number of fused-ring (bicyclic) bond motifs is 4. The number of benzene rings is 2. The van der Waals surface area contributed by atoms with Crippen molar-refractivity contribution in [1.82, 2.24) is 4.72 Å². The highest BCUT2D eigenvalue weighted by molar-refractivity contribution is 7.90. The number of rotatable bonds is 1. The molecule has 2 heterocycles. The van der Waals surface area contributed by atoms with Crippen molar-refractivity contribution in [2.24, 2.45) is 23.7 Å². The molecule has 4 aliphatic rings. The van der Waals surface area contributed by atoms with E-state index in [1.54, 1.807) is 25.1 Å². The highest BCUT2D eigenvalue weighted by Crippen LogP contribution is 2.48.